The van der Waals surface area contributed by atoms with Gasteiger partial charge in [0.05, 0.1) is 26.4 Å². The van der Waals surface area contributed by atoms with Crippen LogP contribution in [-0.2, 0) is 23.8 Å². The Morgan fingerprint density at radius 2 is 1.57 bits per heavy atom. The highest BCUT2D eigenvalue weighted by Crippen LogP contribution is 2.25. The van der Waals surface area contributed by atoms with Crippen molar-refractivity contribution in [3.05, 3.63) is 52.6 Å². The number of ether oxygens (including phenoxy) is 3. The van der Waals surface area contributed by atoms with E-state index in [0.717, 1.165) is 12.0 Å². The zero-order valence-electron chi connectivity index (χ0n) is 21.6. The second kappa shape index (κ2) is 16.9. The lowest BCUT2D eigenvalue weighted by Crippen LogP contribution is -2.39. The summed E-state index contributed by atoms with van der Waals surface area (Å²) in [6.45, 7) is 14.5. The smallest absolute Gasteiger partial charge is 0.261 e. The van der Waals surface area contributed by atoms with Crippen LogP contribution in [0.2, 0.25) is 0 Å². The molecule has 2 N–H and O–H groups in total. The van der Waals surface area contributed by atoms with E-state index >= 15 is 0 Å². The van der Waals surface area contributed by atoms with E-state index in [1.54, 1.807) is 39.0 Å². The second-order valence-electron chi connectivity index (χ2n) is 8.14. The van der Waals surface area contributed by atoms with Crippen LogP contribution in [0.3, 0.4) is 0 Å². The van der Waals surface area contributed by atoms with Gasteiger partial charge in [0.2, 0.25) is 0 Å². The Kier molecular flexibility index (Phi) is 14.7. The van der Waals surface area contributed by atoms with Crippen molar-refractivity contribution in [3.8, 4) is 0 Å². The van der Waals surface area contributed by atoms with Gasteiger partial charge < -0.3 is 19.9 Å². The van der Waals surface area contributed by atoms with E-state index in [-0.39, 0.29) is 12.5 Å². The first-order chi connectivity index (χ1) is 16.8. The average molecular weight is 489 g/mol. The topological polar surface area (TPSA) is 108 Å². The molecule has 0 bridgehead atoms. The standard InChI is InChI=1S/C27H40N2O6/c1-6-20(2)26(31)29(12-8-14-34-16-18-35-17-15-33-13-7-11-28)27(32)24-10-9-21(3)25(23(24)5)22(4)19-30/h6,9-10,19H,4,7-8,11-18,28H2,1-3,5H3/b20-6+. The predicted molar refractivity (Wildman–Crippen MR) is 137 cm³/mol. The fourth-order valence-corrected chi connectivity index (χ4v) is 3.46. The maximum Gasteiger partial charge on any atom is 0.261 e. The third-order valence-corrected chi connectivity index (χ3v) is 5.53. The third kappa shape index (κ3) is 9.85. The van der Waals surface area contributed by atoms with E-state index in [0.29, 0.717) is 86.7 Å². The third-order valence-electron chi connectivity index (χ3n) is 5.53. The molecule has 0 saturated heterocycles. The molecule has 1 aromatic rings. The Bertz CT molecular complexity index is 894. The van der Waals surface area contributed by atoms with E-state index in [4.69, 9.17) is 19.9 Å². The Hall–Kier alpha value is -2.65. The normalized spacial score (nSPS) is 11.4. The summed E-state index contributed by atoms with van der Waals surface area (Å²) >= 11 is 0. The van der Waals surface area contributed by atoms with Crippen LogP contribution in [0, 0.1) is 13.8 Å². The number of hydrogen-bond acceptors (Lipinski definition) is 7. The van der Waals surface area contributed by atoms with E-state index in [9.17, 15) is 14.4 Å². The molecule has 1 aromatic carbocycles. The fraction of sp³-hybridized carbons (Fsp3) is 0.519. The minimum Gasteiger partial charge on any atom is -0.379 e. The molecule has 1 rings (SSSR count). The number of aryl methyl sites for hydroxylation is 1. The van der Waals surface area contributed by atoms with Gasteiger partial charge in [0.15, 0.2) is 0 Å². The van der Waals surface area contributed by atoms with Crippen molar-refractivity contribution in [1.82, 2.24) is 4.90 Å². The number of benzene rings is 1. The van der Waals surface area contributed by atoms with Crippen LogP contribution >= 0.6 is 0 Å². The summed E-state index contributed by atoms with van der Waals surface area (Å²) in [6.07, 6.45) is 3.66. The molecule has 0 atom stereocenters. The quantitative estimate of drug-likeness (QED) is 0.204. The van der Waals surface area contributed by atoms with Crippen LogP contribution in [0.4, 0.5) is 0 Å². The van der Waals surface area contributed by atoms with Gasteiger partial charge in [-0.05, 0) is 69.8 Å². The van der Waals surface area contributed by atoms with Crippen LogP contribution in [0.25, 0.3) is 5.57 Å². The molecule has 0 saturated carbocycles. The molecule has 0 unspecified atom stereocenters. The average Bonchev–Trinajstić information content (AvgIpc) is 2.85. The largest absolute Gasteiger partial charge is 0.379 e. The Balaban J connectivity index is 2.70. The van der Waals surface area contributed by atoms with Gasteiger partial charge in [-0.2, -0.15) is 0 Å². The monoisotopic (exact) mass is 488 g/mol. The number of aldehydes is 1. The number of imide groups is 1. The van der Waals surface area contributed by atoms with E-state index in [2.05, 4.69) is 6.58 Å². The lowest BCUT2D eigenvalue weighted by atomic mass is 9.92. The SMILES string of the molecule is C=C(C=O)c1c(C)ccc(C(=O)N(CCCOCCOCCOCCCN)C(=O)/C(C)=C/C)c1C. The second-order valence-corrected chi connectivity index (χ2v) is 8.14. The van der Waals surface area contributed by atoms with Crippen LogP contribution in [0.5, 0.6) is 0 Å². The van der Waals surface area contributed by atoms with Crippen molar-refractivity contribution in [3.63, 3.8) is 0 Å². The van der Waals surface area contributed by atoms with E-state index < -0.39 is 5.91 Å². The van der Waals surface area contributed by atoms with Gasteiger partial charge in [-0.25, -0.2) is 0 Å². The molecule has 0 fully saturated rings. The number of carbonyl (C=O) groups excluding carboxylic acids is 3. The van der Waals surface area contributed by atoms with Crippen molar-refractivity contribution in [2.75, 3.05) is 52.7 Å². The molecule has 2 amide bonds. The van der Waals surface area contributed by atoms with Crippen LogP contribution in [-0.4, -0.2) is 75.7 Å². The highest BCUT2D eigenvalue weighted by atomic mass is 16.5. The molecule has 35 heavy (non-hydrogen) atoms. The highest BCUT2D eigenvalue weighted by Gasteiger charge is 2.26. The van der Waals surface area contributed by atoms with Gasteiger partial charge in [0.1, 0.15) is 6.29 Å². The van der Waals surface area contributed by atoms with Gasteiger partial charge in [-0.3, -0.25) is 19.3 Å². The molecule has 8 nitrogen and oxygen atoms in total. The van der Waals surface area contributed by atoms with Crippen molar-refractivity contribution in [1.29, 1.82) is 0 Å². The first kappa shape index (κ1) is 30.4. The summed E-state index contributed by atoms with van der Waals surface area (Å²) in [5.74, 6) is -0.766. The molecule has 0 aliphatic carbocycles. The minimum absolute atomic E-state index is 0.204. The number of rotatable bonds is 17. The Morgan fingerprint density at radius 3 is 2.11 bits per heavy atom. The zero-order valence-corrected chi connectivity index (χ0v) is 21.6. The molecule has 194 valence electrons. The first-order valence-electron chi connectivity index (χ1n) is 12.0. The van der Waals surface area contributed by atoms with Gasteiger partial charge in [-0.15, -0.1) is 0 Å². The summed E-state index contributed by atoms with van der Waals surface area (Å²) in [6, 6.07) is 3.45. The molecular weight excluding hydrogens is 448 g/mol. The number of amides is 2. The molecule has 0 aliphatic rings. The molecule has 8 heteroatoms. The summed E-state index contributed by atoms with van der Waals surface area (Å²) in [7, 11) is 0. The van der Waals surface area contributed by atoms with Gasteiger partial charge in [0.25, 0.3) is 11.8 Å². The highest BCUT2D eigenvalue weighted by molar-refractivity contribution is 6.12. The Morgan fingerprint density at radius 1 is 1.00 bits per heavy atom. The summed E-state index contributed by atoms with van der Waals surface area (Å²) in [5.41, 5.74) is 8.65. The number of allylic oxidation sites excluding steroid dienone is 2. The van der Waals surface area contributed by atoms with Crippen molar-refractivity contribution >= 4 is 23.7 Å². The maximum absolute atomic E-state index is 13.4. The van der Waals surface area contributed by atoms with E-state index in [1.165, 1.54) is 4.90 Å². The molecule has 0 spiro atoms. The lowest BCUT2D eigenvalue weighted by molar-refractivity contribution is -0.124. The fourth-order valence-electron chi connectivity index (χ4n) is 3.46. The summed E-state index contributed by atoms with van der Waals surface area (Å²) in [4.78, 5) is 38.9. The minimum atomic E-state index is -0.411. The summed E-state index contributed by atoms with van der Waals surface area (Å²) < 4.78 is 16.4. The van der Waals surface area contributed by atoms with Crippen molar-refractivity contribution < 1.29 is 28.6 Å². The lowest BCUT2D eigenvalue weighted by Gasteiger charge is -2.23. The predicted octanol–water partition coefficient (Wildman–Crippen LogP) is 3.24. The van der Waals surface area contributed by atoms with Gasteiger partial charge in [-0.1, -0.05) is 18.7 Å². The first-order valence-corrected chi connectivity index (χ1v) is 12.0. The number of carbonyl (C=O) groups is 3. The van der Waals surface area contributed by atoms with Crippen molar-refractivity contribution in [2.45, 2.75) is 40.5 Å². The zero-order chi connectivity index (χ0) is 26.2. The van der Waals surface area contributed by atoms with Crippen LogP contribution < -0.4 is 5.73 Å². The van der Waals surface area contributed by atoms with Crippen LogP contribution in [0.15, 0.2) is 30.4 Å². The molecule has 0 aromatic heterocycles. The van der Waals surface area contributed by atoms with Crippen molar-refractivity contribution in [2.24, 2.45) is 5.73 Å². The van der Waals surface area contributed by atoms with E-state index in [1.807, 2.05) is 6.92 Å². The summed E-state index contributed by atoms with van der Waals surface area (Å²) in [5, 5.41) is 0. The molecule has 0 heterocycles. The Labute approximate surface area is 209 Å². The molecular formula is C27H40N2O6. The number of nitrogens with two attached hydrogens (primary N) is 1. The molecule has 0 radical (unpaired) electrons. The maximum atomic E-state index is 13.4. The van der Waals surface area contributed by atoms with Crippen LogP contribution in [0.1, 0.15) is 53.7 Å². The van der Waals surface area contributed by atoms with Gasteiger partial charge >= 0.3 is 0 Å². The number of nitrogens with zero attached hydrogens (tertiary/aromatic N) is 1. The molecule has 0 aliphatic heterocycles. The van der Waals surface area contributed by atoms with Gasteiger partial charge in [0, 0.05) is 36.5 Å². The number of hydrogen-bond donors (Lipinski definition) is 1.